The van der Waals surface area contributed by atoms with Gasteiger partial charge in [-0.25, -0.2) is 14.4 Å². The van der Waals surface area contributed by atoms with Crippen LogP contribution in [-0.2, 0) is 38.2 Å². The Hall–Kier alpha value is -2.69. The van der Waals surface area contributed by atoms with E-state index in [2.05, 4.69) is 14.2 Å². The van der Waals surface area contributed by atoms with E-state index in [0.717, 1.165) is 21.1 Å². The lowest BCUT2D eigenvalue weighted by atomic mass is 9.86. The topological polar surface area (TPSA) is 174 Å². The fourth-order valence-corrected chi connectivity index (χ4v) is 1.46. The van der Waals surface area contributed by atoms with Crippen molar-refractivity contribution < 1.29 is 53.5 Å². The largest absolute Gasteiger partial charge is 0.481 e. The van der Waals surface area contributed by atoms with Crippen molar-refractivity contribution in [2.45, 2.75) is 25.0 Å². The third kappa shape index (κ3) is 4.92. The molecule has 2 atom stereocenters. The molecule has 0 rings (SSSR count). The Morgan fingerprint density at radius 1 is 0.957 bits per heavy atom. The first-order valence-electron chi connectivity index (χ1n) is 6.05. The molecule has 0 aliphatic carbocycles. The van der Waals surface area contributed by atoms with Gasteiger partial charge in [0.15, 0.2) is 5.60 Å². The van der Waals surface area contributed by atoms with Crippen LogP contribution in [-0.4, -0.2) is 71.1 Å². The number of carboxylic acid groups (broad SMARTS) is 2. The summed E-state index contributed by atoms with van der Waals surface area (Å²) in [5.74, 6) is -9.68. The molecule has 0 aromatic heterocycles. The van der Waals surface area contributed by atoms with Gasteiger partial charge < -0.3 is 29.5 Å². The van der Waals surface area contributed by atoms with E-state index in [1.807, 2.05) is 0 Å². The van der Waals surface area contributed by atoms with E-state index >= 15 is 0 Å². The van der Waals surface area contributed by atoms with Crippen molar-refractivity contribution in [1.29, 1.82) is 0 Å². The molecule has 0 fully saturated rings. The lowest BCUT2D eigenvalue weighted by Gasteiger charge is -2.27. The Morgan fingerprint density at radius 2 is 1.39 bits per heavy atom. The summed E-state index contributed by atoms with van der Waals surface area (Å²) in [4.78, 5) is 56.3. The highest BCUT2D eigenvalue weighted by Crippen LogP contribution is 2.24. The number of ether oxygens (including phenoxy) is 3. The molecule has 23 heavy (non-hydrogen) atoms. The van der Waals surface area contributed by atoms with Crippen molar-refractivity contribution in [3.8, 4) is 0 Å². The van der Waals surface area contributed by atoms with Gasteiger partial charge in [-0.2, -0.15) is 0 Å². The summed E-state index contributed by atoms with van der Waals surface area (Å²) in [6.07, 6.45) is -3.44. The second-order valence-corrected chi connectivity index (χ2v) is 4.38. The van der Waals surface area contributed by atoms with Crippen molar-refractivity contribution in [2.24, 2.45) is 5.92 Å². The van der Waals surface area contributed by atoms with E-state index in [-0.39, 0.29) is 0 Å². The molecule has 0 amide bonds. The minimum Gasteiger partial charge on any atom is -0.481 e. The van der Waals surface area contributed by atoms with Crippen molar-refractivity contribution in [3.05, 3.63) is 0 Å². The van der Waals surface area contributed by atoms with Crippen LogP contribution in [0.4, 0.5) is 0 Å². The highest BCUT2D eigenvalue weighted by atomic mass is 16.6. The van der Waals surface area contributed by atoms with Crippen LogP contribution in [0.5, 0.6) is 0 Å². The molecular weight excluding hydrogens is 320 g/mol. The molecule has 11 heteroatoms. The van der Waals surface area contributed by atoms with Gasteiger partial charge in [0.1, 0.15) is 0 Å². The first-order chi connectivity index (χ1) is 10.5. The van der Waals surface area contributed by atoms with Gasteiger partial charge in [-0.3, -0.25) is 9.59 Å². The molecule has 0 aliphatic rings. The third-order valence-corrected chi connectivity index (χ3v) is 2.93. The Kier molecular flexibility index (Phi) is 7.13. The van der Waals surface area contributed by atoms with E-state index < -0.39 is 53.9 Å². The number of carbonyl (C=O) groups excluding carboxylic acids is 3. The minimum atomic E-state index is -3.00. The molecule has 0 saturated carbocycles. The molecule has 0 spiro atoms. The predicted molar refractivity (Wildman–Crippen MR) is 67.9 cm³/mol. The molecule has 0 aromatic carbocycles. The van der Waals surface area contributed by atoms with Crippen molar-refractivity contribution >= 4 is 29.8 Å². The number of methoxy groups -OCH3 is 2. The Morgan fingerprint density at radius 3 is 1.70 bits per heavy atom. The van der Waals surface area contributed by atoms with Gasteiger partial charge in [-0.15, -0.1) is 0 Å². The van der Waals surface area contributed by atoms with Gasteiger partial charge in [0.05, 0.1) is 26.6 Å². The number of esters is 3. The zero-order chi connectivity index (χ0) is 18.4. The van der Waals surface area contributed by atoms with Crippen LogP contribution in [0, 0.1) is 5.92 Å². The number of aliphatic hydroxyl groups is 1. The summed E-state index contributed by atoms with van der Waals surface area (Å²) in [6.45, 7) is 0.866. The van der Waals surface area contributed by atoms with Gasteiger partial charge in [-0.05, 0) is 6.92 Å². The third-order valence-electron chi connectivity index (χ3n) is 2.93. The first kappa shape index (κ1) is 20.3. The summed E-state index contributed by atoms with van der Waals surface area (Å²) in [6, 6.07) is 0. The van der Waals surface area contributed by atoms with E-state index in [1.165, 1.54) is 0 Å². The van der Waals surface area contributed by atoms with Crippen molar-refractivity contribution in [2.75, 3.05) is 14.2 Å². The van der Waals surface area contributed by atoms with Crippen LogP contribution in [0.2, 0.25) is 0 Å². The number of aliphatic carboxylic acids is 2. The van der Waals surface area contributed by atoms with Gasteiger partial charge in [-0.1, -0.05) is 0 Å². The van der Waals surface area contributed by atoms with Crippen LogP contribution in [0.15, 0.2) is 0 Å². The van der Waals surface area contributed by atoms with E-state index in [1.54, 1.807) is 0 Å². The molecular formula is C12H16O11. The average Bonchev–Trinajstić information content (AvgIpc) is 2.48. The minimum absolute atomic E-state index is 0.866. The Bertz CT molecular complexity index is 495. The van der Waals surface area contributed by atoms with Gasteiger partial charge in [0, 0.05) is 0 Å². The lowest BCUT2D eigenvalue weighted by molar-refractivity contribution is -0.189. The van der Waals surface area contributed by atoms with Gasteiger partial charge in [0.25, 0.3) is 6.10 Å². The molecule has 0 heterocycles. The van der Waals surface area contributed by atoms with Crippen LogP contribution >= 0.6 is 0 Å². The molecule has 11 nitrogen and oxygen atoms in total. The zero-order valence-corrected chi connectivity index (χ0v) is 12.5. The molecule has 130 valence electrons. The Balaban J connectivity index is 5.39. The number of hydrogen-bond donors (Lipinski definition) is 3. The van der Waals surface area contributed by atoms with Crippen molar-refractivity contribution in [1.82, 2.24) is 0 Å². The number of hydrogen-bond acceptors (Lipinski definition) is 9. The second kappa shape index (κ2) is 8.08. The van der Waals surface area contributed by atoms with Gasteiger partial charge >= 0.3 is 29.8 Å². The van der Waals surface area contributed by atoms with E-state index in [9.17, 15) is 29.1 Å². The fourth-order valence-electron chi connectivity index (χ4n) is 1.46. The van der Waals surface area contributed by atoms with Crippen LogP contribution in [0.1, 0.15) is 13.3 Å². The first-order valence-corrected chi connectivity index (χ1v) is 6.05. The SMILES string of the molecule is COC(=O)C(OC(=O)C(C)C(O)(CC(=O)O)C(=O)O)C(=O)OC. The number of rotatable bonds is 8. The zero-order valence-electron chi connectivity index (χ0n) is 12.5. The molecule has 0 saturated heterocycles. The summed E-state index contributed by atoms with van der Waals surface area (Å²) < 4.78 is 12.9. The molecule has 0 aliphatic heterocycles. The average molecular weight is 336 g/mol. The lowest BCUT2D eigenvalue weighted by Crippen LogP contribution is -2.51. The maximum absolute atomic E-state index is 11.9. The van der Waals surface area contributed by atoms with E-state index in [4.69, 9.17) is 10.2 Å². The van der Waals surface area contributed by atoms with Crippen molar-refractivity contribution in [3.63, 3.8) is 0 Å². The molecule has 0 radical (unpaired) electrons. The molecule has 0 aromatic rings. The number of carboxylic acids is 2. The Labute approximate surface area is 129 Å². The smallest absolute Gasteiger partial charge is 0.359 e. The second-order valence-electron chi connectivity index (χ2n) is 4.38. The molecule has 0 bridgehead atoms. The summed E-state index contributed by atoms with van der Waals surface area (Å²) in [5, 5.41) is 27.5. The quantitative estimate of drug-likeness (QED) is 0.258. The standard InChI is InChI=1S/C12H16O11/c1-5(12(20,11(18)19)4-6(13)14)8(15)23-7(9(16)21-2)10(17)22-3/h5,7,20H,4H2,1-3H3,(H,13,14)(H,18,19). The van der Waals surface area contributed by atoms with Gasteiger partial charge in [0.2, 0.25) is 0 Å². The highest BCUT2D eigenvalue weighted by molar-refractivity contribution is 6.00. The predicted octanol–water partition coefficient (Wildman–Crippen LogP) is -1.83. The summed E-state index contributed by atoms with van der Waals surface area (Å²) in [5.41, 5.74) is -3.00. The molecule has 3 N–H and O–H groups in total. The fraction of sp³-hybridized carbons (Fsp3) is 0.583. The normalized spacial score (nSPS) is 14.3. The monoisotopic (exact) mass is 336 g/mol. The molecule has 2 unspecified atom stereocenters. The maximum Gasteiger partial charge on any atom is 0.359 e. The van der Waals surface area contributed by atoms with Crippen LogP contribution in [0.25, 0.3) is 0 Å². The highest BCUT2D eigenvalue weighted by Gasteiger charge is 2.49. The van der Waals surface area contributed by atoms with Crippen LogP contribution < -0.4 is 0 Å². The maximum atomic E-state index is 11.9. The van der Waals surface area contributed by atoms with E-state index in [0.29, 0.717) is 0 Å². The summed E-state index contributed by atoms with van der Waals surface area (Å²) >= 11 is 0. The number of carbonyl (C=O) groups is 5. The van der Waals surface area contributed by atoms with Crippen LogP contribution in [0.3, 0.4) is 0 Å². The summed E-state index contributed by atoms with van der Waals surface area (Å²) in [7, 11) is 1.79.